The highest BCUT2D eigenvalue weighted by Gasteiger charge is 2.12. The molecule has 8 heteroatoms. The summed E-state index contributed by atoms with van der Waals surface area (Å²) < 4.78 is 5.74. The predicted molar refractivity (Wildman–Crippen MR) is 108 cm³/mol. The van der Waals surface area contributed by atoms with E-state index < -0.39 is 0 Å². The first-order valence-electron chi connectivity index (χ1n) is 8.40. The van der Waals surface area contributed by atoms with E-state index in [4.69, 9.17) is 4.74 Å². The van der Waals surface area contributed by atoms with Gasteiger partial charge in [-0.05, 0) is 42.5 Å². The number of hydrogen-bond donors (Lipinski definition) is 2. The molecule has 2 N–H and O–H groups in total. The van der Waals surface area contributed by atoms with Gasteiger partial charge in [-0.2, -0.15) is 0 Å². The fourth-order valence-electron chi connectivity index (χ4n) is 2.32. The van der Waals surface area contributed by atoms with Crippen molar-refractivity contribution >= 4 is 34.0 Å². The molecule has 2 aromatic heterocycles. The SMILES string of the molecule is O=C(Nc1ccc(Oc2ccccc2)cc1)c1cnc(Nc2ncccn2)s1. The highest BCUT2D eigenvalue weighted by atomic mass is 32.1. The molecule has 1 amide bonds. The maximum absolute atomic E-state index is 12.4. The Labute approximate surface area is 165 Å². The molecule has 0 fully saturated rings. The topological polar surface area (TPSA) is 89.0 Å². The number of aromatic nitrogens is 3. The van der Waals surface area contributed by atoms with Crippen molar-refractivity contribution in [1.82, 2.24) is 15.0 Å². The van der Waals surface area contributed by atoms with E-state index in [0.29, 0.717) is 27.4 Å². The lowest BCUT2D eigenvalue weighted by Gasteiger charge is -2.07. The number of ether oxygens (including phenoxy) is 1. The highest BCUT2D eigenvalue weighted by Crippen LogP contribution is 2.24. The van der Waals surface area contributed by atoms with E-state index in [1.807, 2.05) is 30.3 Å². The van der Waals surface area contributed by atoms with Gasteiger partial charge in [-0.1, -0.05) is 29.5 Å². The molecule has 4 rings (SSSR count). The van der Waals surface area contributed by atoms with Gasteiger partial charge in [0.2, 0.25) is 5.95 Å². The van der Waals surface area contributed by atoms with Crippen LogP contribution in [0.3, 0.4) is 0 Å². The van der Waals surface area contributed by atoms with Crippen LogP contribution in [0.1, 0.15) is 9.67 Å². The zero-order valence-electron chi connectivity index (χ0n) is 14.6. The first-order valence-corrected chi connectivity index (χ1v) is 9.22. The zero-order chi connectivity index (χ0) is 19.2. The van der Waals surface area contributed by atoms with Crippen molar-refractivity contribution in [2.45, 2.75) is 0 Å². The van der Waals surface area contributed by atoms with E-state index in [-0.39, 0.29) is 5.91 Å². The number of carbonyl (C=O) groups is 1. The normalized spacial score (nSPS) is 10.3. The first kappa shape index (κ1) is 17.6. The van der Waals surface area contributed by atoms with Gasteiger partial charge in [0, 0.05) is 18.1 Å². The highest BCUT2D eigenvalue weighted by molar-refractivity contribution is 7.17. The second-order valence-electron chi connectivity index (χ2n) is 5.62. The van der Waals surface area contributed by atoms with E-state index in [0.717, 1.165) is 5.75 Å². The summed E-state index contributed by atoms with van der Waals surface area (Å²) in [5, 5.41) is 6.35. The van der Waals surface area contributed by atoms with Crippen LogP contribution in [-0.2, 0) is 0 Å². The number of thiazole rings is 1. The molecule has 0 aliphatic carbocycles. The Morgan fingerprint density at radius 2 is 1.57 bits per heavy atom. The van der Waals surface area contributed by atoms with Crippen LogP contribution < -0.4 is 15.4 Å². The molecule has 0 aliphatic heterocycles. The third kappa shape index (κ3) is 4.49. The number of nitrogens with one attached hydrogen (secondary N) is 2. The molecule has 0 spiro atoms. The summed E-state index contributed by atoms with van der Waals surface area (Å²) in [7, 11) is 0. The Bertz CT molecular complexity index is 1050. The largest absolute Gasteiger partial charge is 0.457 e. The van der Waals surface area contributed by atoms with E-state index >= 15 is 0 Å². The van der Waals surface area contributed by atoms with Gasteiger partial charge in [-0.3, -0.25) is 4.79 Å². The van der Waals surface area contributed by atoms with Crippen molar-refractivity contribution in [1.29, 1.82) is 0 Å². The minimum Gasteiger partial charge on any atom is -0.457 e. The van der Waals surface area contributed by atoms with Crippen molar-refractivity contribution < 1.29 is 9.53 Å². The van der Waals surface area contributed by atoms with Crippen LogP contribution in [0.2, 0.25) is 0 Å². The van der Waals surface area contributed by atoms with Gasteiger partial charge < -0.3 is 15.4 Å². The second kappa shape index (κ2) is 8.28. The molecule has 0 atom stereocenters. The Kier molecular flexibility index (Phi) is 5.21. The fourth-order valence-corrected chi connectivity index (χ4v) is 3.02. The van der Waals surface area contributed by atoms with Gasteiger partial charge in [0.05, 0.1) is 6.20 Å². The Morgan fingerprint density at radius 3 is 2.32 bits per heavy atom. The molecular weight excluding hydrogens is 374 g/mol. The van der Waals surface area contributed by atoms with Crippen molar-refractivity contribution in [3.63, 3.8) is 0 Å². The molecule has 0 saturated carbocycles. The maximum atomic E-state index is 12.4. The van der Waals surface area contributed by atoms with E-state index in [9.17, 15) is 4.79 Å². The summed E-state index contributed by atoms with van der Waals surface area (Å²) in [5.74, 6) is 1.64. The van der Waals surface area contributed by atoms with Gasteiger partial charge in [0.25, 0.3) is 5.91 Å². The lowest BCUT2D eigenvalue weighted by molar-refractivity contribution is 0.103. The molecule has 2 heterocycles. The first-order chi connectivity index (χ1) is 13.8. The van der Waals surface area contributed by atoms with Gasteiger partial charge in [0.1, 0.15) is 16.4 Å². The summed E-state index contributed by atoms with van der Waals surface area (Å²) >= 11 is 1.22. The van der Waals surface area contributed by atoms with E-state index in [2.05, 4.69) is 25.6 Å². The number of para-hydroxylation sites is 1. The Balaban J connectivity index is 1.37. The van der Waals surface area contributed by atoms with Gasteiger partial charge in [0.15, 0.2) is 5.13 Å². The van der Waals surface area contributed by atoms with E-state index in [1.165, 1.54) is 17.5 Å². The molecule has 28 heavy (non-hydrogen) atoms. The molecule has 0 unspecified atom stereocenters. The minimum absolute atomic E-state index is 0.240. The standard InChI is InChI=1S/C20H15N5O2S/c26-18(17-13-23-20(28-17)25-19-21-11-4-12-22-19)24-14-7-9-16(10-8-14)27-15-5-2-1-3-6-15/h1-13H,(H,24,26)(H,21,22,23,25). The number of hydrogen-bond acceptors (Lipinski definition) is 7. The Hall–Kier alpha value is -3.78. The van der Waals surface area contributed by atoms with Crippen molar-refractivity contribution in [2.24, 2.45) is 0 Å². The third-order valence-electron chi connectivity index (χ3n) is 3.61. The molecule has 0 aliphatic rings. The summed E-state index contributed by atoms with van der Waals surface area (Å²) in [4.78, 5) is 25.2. The van der Waals surface area contributed by atoms with Crippen molar-refractivity contribution in [2.75, 3.05) is 10.6 Å². The van der Waals surface area contributed by atoms with Crippen LogP contribution in [0, 0.1) is 0 Å². The minimum atomic E-state index is -0.240. The summed E-state index contributed by atoms with van der Waals surface area (Å²) in [6, 6.07) is 18.4. The number of nitrogens with zero attached hydrogens (tertiary/aromatic N) is 3. The molecule has 138 valence electrons. The lowest BCUT2D eigenvalue weighted by atomic mass is 10.3. The van der Waals surface area contributed by atoms with Crippen LogP contribution in [0.25, 0.3) is 0 Å². The number of benzene rings is 2. The van der Waals surface area contributed by atoms with Crippen LogP contribution >= 0.6 is 11.3 Å². The predicted octanol–water partition coefficient (Wildman–Crippen LogP) is 4.72. The average Bonchev–Trinajstić information content (AvgIpc) is 3.20. The van der Waals surface area contributed by atoms with Gasteiger partial charge in [-0.25, -0.2) is 15.0 Å². The average molecular weight is 389 g/mol. The molecule has 4 aromatic rings. The smallest absolute Gasteiger partial charge is 0.267 e. The van der Waals surface area contributed by atoms with Crippen LogP contribution in [0.5, 0.6) is 11.5 Å². The second-order valence-corrected chi connectivity index (χ2v) is 6.65. The molecule has 0 radical (unpaired) electrons. The quantitative estimate of drug-likeness (QED) is 0.496. The number of carbonyl (C=O) groups excluding carboxylic acids is 1. The molecular formula is C20H15N5O2S. The molecule has 2 aromatic carbocycles. The van der Waals surface area contributed by atoms with E-state index in [1.54, 1.807) is 42.7 Å². The Morgan fingerprint density at radius 1 is 0.857 bits per heavy atom. The summed E-state index contributed by atoms with van der Waals surface area (Å²) in [6.45, 7) is 0. The summed E-state index contributed by atoms with van der Waals surface area (Å²) in [6.07, 6.45) is 4.77. The zero-order valence-corrected chi connectivity index (χ0v) is 15.4. The van der Waals surface area contributed by atoms with Crippen LogP contribution in [0.4, 0.5) is 16.8 Å². The number of rotatable bonds is 6. The molecule has 7 nitrogen and oxygen atoms in total. The van der Waals surface area contributed by atoms with Gasteiger partial charge in [-0.15, -0.1) is 0 Å². The van der Waals surface area contributed by atoms with Crippen LogP contribution in [-0.4, -0.2) is 20.9 Å². The maximum Gasteiger partial charge on any atom is 0.267 e. The van der Waals surface area contributed by atoms with Crippen molar-refractivity contribution in [3.05, 3.63) is 84.1 Å². The molecule has 0 bridgehead atoms. The number of anilines is 3. The third-order valence-corrected chi connectivity index (χ3v) is 4.52. The fraction of sp³-hybridized carbons (Fsp3) is 0. The van der Waals surface area contributed by atoms with Crippen LogP contribution in [0.15, 0.2) is 79.3 Å². The van der Waals surface area contributed by atoms with Gasteiger partial charge >= 0.3 is 0 Å². The summed E-state index contributed by atoms with van der Waals surface area (Å²) in [5.41, 5.74) is 0.666. The number of amides is 1. The van der Waals surface area contributed by atoms with Crippen molar-refractivity contribution in [3.8, 4) is 11.5 Å². The lowest BCUT2D eigenvalue weighted by Crippen LogP contribution is -2.09. The molecule has 0 saturated heterocycles. The monoisotopic (exact) mass is 389 g/mol.